The van der Waals surface area contributed by atoms with E-state index in [1.807, 2.05) is 17.5 Å². The van der Waals surface area contributed by atoms with Crippen LogP contribution in [0.2, 0.25) is 0 Å². The van der Waals surface area contributed by atoms with E-state index in [2.05, 4.69) is 15.5 Å². The third kappa shape index (κ3) is 2.48. The van der Waals surface area contributed by atoms with Crippen molar-refractivity contribution in [1.29, 1.82) is 0 Å². The molecular formula is C16H9N3O4S. The Balaban J connectivity index is 1.63. The van der Waals surface area contributed by atoms with E-state index in [9.17, 15) is 9.59 Å². The van der Waals surface area contributed by atoms with Gasteiger partial charge in [-0.3, -0.25) is 14.9 Å². The number of para-hydroxylation sites is 1. The monoisotopic (exact) mass is 339 g/mol. The van der Waals surface area contributed by atoms with Crippen molar-refractivity contribution in [2.75, 3.05) is 5.32 Å². The highest BCUT2D eigenvalue weighted by atomic mass is 32.1. The number of carbonyl (C=O) groups excluding carboxylic acids is 1. The summed E-state index contributed by atoms with van der Waals surface area (Å²) in [6.07, 6.45) is 1.12. The molecule has 0 aliphatic carbocycles. The highest BCUT2D eigenvalue weighted by Crippen LogP contribution is 2.24. The molecule has 1 amide bonds. The first-order chi connectivity index (χ1) is 11.7. The van der Waals surface area contributed by atoms with E-state index in [1.165, 1.54) is 11.3 Å². The highest BCUT2D eigenvalue weighted by molar-refractivity contribution is 7.13. The third-order valence-electron chi connectivity index (χ3n) is 3.30. The molecule has 118 valence electrons. The van der Waals surface area contributed by atoms with Gasteiger partial charge in [0, 0.05) is 0 Å². The van der Waals surface area contributed by atoms with Crippen LogP contribution in [0.4, 0.5) is 6.01 Å². The van der Waals surface area contributed by atoms with Crippen LogP contribution in [0.25, 0.3) is 21.7 Å². The number of hydrogen-bond acceptors (Lipinski definition) is 7. The summed E-state index contributed by atoms with van der Waals surface area (Å²) in [5.41, 5.74) is -0.145. The number of amides is 1. The van der Waals surface area contributed by atoms with E-state index in [0.29, 0.717) is 16.9 Å². The SMILES string of the molecule is O=C(Nc1nnc(-c2cccs2)o1)c1coc2ccccc2c1=O. The maximum absolute atomic E-state index is 12.4. The zero-order valence-electron chi connectivity index (χ0n) is 12.1. The average molecular weight is 339 g/mol. The van der Waals surface area contributed by atoms with Crippen molar-refractivity contribution >= 4 is 34.2 Å². The first kappa shape index (κ1) is 14.3. The van der Waals surface area contributed by atoms with Crippen molar-refractivity contribution in [1.82, 2.24) is 10.2 Å². The molecule has 3 heterocycles. The molecule has 3 aromatic heterocycles. The fourth-order valence-corrected chi connectivity index (χ4v) is 2.82. The highest BCUT2D eigenvalue weighted by Gasteiger charge is 2.17. The number of aromatic nitrogens is 2. The zero-order chi connectivity index (χ0) is 16.5. The van der Waals surface area contributed by atoms with E-state index >= 15 is 0 Å². The van der Waals surface area contributed by atoms with Crippen LogP contribution in [0.5, 0.6) is 0 Å². The summed E-state index contributed by atoms with van der Waals surface area (Å²) >= 11 is 1.43. The van der Waals surface area contributed by atoms with E-state index in [4.69, 9.17) is 8.83 Å². The molecule has 0 aliphatic heterocycles. The molecule has 0 atom stereocenters. The summed E-state index contributed by atoms with van der Waals surface area (Å²) in [6, 6.07) is 10.3. The molecule has 1 aromatic carbocycles. The minimum atomic E-state index is -0.670. The lowest BCUT2D eigenvalue weighted by atomic mass is 10.1. The fourth-order valence-electron chi connectivity index (χ4n) is 2.17. The Hall–Kier alpha value is -3.26. The van der Waals surface area contributed by atoms with Gasteiger partial charge in [0.2, 0.25) is 5.43 Å². The molecule has 0 bridgehead atoms. The van der Waals surface area contributed by atoms with E-state index in [-0.39, 0.29) is 11.6 Å². The number of nitrogens with one attached hydrogen (secondary N) is 1. The van der Waals surface area contributed by atoms with Gasteiger partial charge in [0.15, 0.2) is 0 Å². The second kappa shape index (κ2) is 5.74. The second-order valence-electron chi connectivity index (χ2n) is 4.82. The second-order valence-corrected chi connectivity index (χ2v) is 5.77. The number of rotatable bonds is 3. The van der Waals surface area contributed by atoms with Gasteiger partial charge in [0.25, 0.3) is 11.8 Å². The standard InChI is InChI=1S/C16H9N3O4S/c20-13-9-4-1-2-5-11(9)22-8-10(13)14(21)17-16-19-18-15(23-16)12-6-3-7-24-12/h1-8H,(H,17,19,21). The summed E-state index contributed by atoms with van der Waals surface area (Å²) in [7, 11) is 0. The van der Waals surface area contributed by atoms with E-state index < -0.39 is 11.3 Å². The lowest BCUT2D eigenvalue weighted by Crippen LogP contribution is -2.21. The minimum Gasteiger partial charge on any atom is -0.463 e. The normalized spacial score (nSPS) is 10.8. The first-order valence-corrected chi connectivity index (χ1v) is 7.79. The molecule has 0 aliphatic rings. The number of nitrogens with zero attached hydrogens (tertiary/aromatic N) is 2. The smallest absolute Gasteiger partial charge is 0.322 e. The quantitative estimate of drug-likeness (QED) is 0.615. The molecule has 0 saturated heterocycles. The van der Waals surface area contributed by atoms with E-state index in [1.54, 1.807) is 24.3 Å². The number of fused-ring (bicyclic) bond motifs is 1. The summed E-state index contributed by atoms with van der Waals surface area (Å²) in [5.74, 6) is -0.373. The molecule has 4 aromatic rings. The van der Waals surface area contributed by atoms with Crippen LogP contribution in [0.3, 0.4) is 0 Å². The Morgan fingerprint density at radius 2 is 2.00 bits per heavy atom. The summed E-state index contributed by atoms with van der Waals surface area (Å²) in [6.45, 7) is 0. The molecule has 8 heteroatoms. The van der Waals surface area contributed by atoms with Crippen molar-refractivity contribution in [2.45, 2.75) is 0 Å². The molecule has 0 saturated carbocycles. The van der Waals surface area contributed by atoms with Gasteiger partial charge in [-0.1, -0.05) is 23.3 Å². The van der Waals surface area contributed by atoms with Crippen LogP contribution in [0.15, 0.2) is 61.7 Å². The van der Waals surface area contributed by atoms with Gasteiger partial charge in [-0.2, -0.15) is 0 Å². The van der Waals surface area contributed by atoms with Crippen molar-refractivity contribution in [3.05, 3.63) is 63.8 Å². The van der Waals surface area contributed by atoms with Crippen LogP contribution in [-0.4, -0.2) is 16.1 Å². The lowest BCUT2D eigenvalue weighted by molar-refractivity contribution is 0.102. The molecule has 4 rings (SSSR count). The van der Waals surface area contributed by atoms with Gasteiger partial charge in [-0.15, -0.1) is 16.4 Å². The molecule has 24 heavy (non-hydrogen) atoms. The maximum atomic E-state index is 12.4. The van der Waals surface area contributed by atoms with Crippen LogP contribution < -0.4 is 10.7 Å². The van der Waals surface area contributed by atoms with Crippen LogP contribution in [-0.2, 0) is 0 Å². The lowest BCUT2D eigenvalue weighted by Gasteiger charge is -2.01. The molecule has 7 nitrogen and oxygen atoms in total. The predicted molar refractivity (Wildman–Crippen MR) is 88.0 cm³/mol. The van der Waals surface area contributed by atoms with Gasteiger partial charge < -0.3 is 8.83 Å². The number of carbonyl (C=O) groups is 1. The Morgan fingerprint density at radius 1 is 1.12 bits per heavy atom. The van der Waals surface area contributed by atoms with Gasteiger partial charge in [-0.25, -0.2) is 0 Å². The Kier molecular flexibility index (Phi) is 3.43. The Bertz CT molecular complexity index is 1080. The predicted octanol–water partition coefficient (Wildman–Crippen LogP) is 3.16. The number of anilines is 1. The van der Waals surface area contributed by atoms with Gasteiger partial charge >= 0.3 is 6.01 Å². The van der Waals surface area contributed by atoms with Crippen LogP contribution in [0, 0.1) is 0 Å². The molecule has 1 N–H and O–H groups in total. The van der Waals surface area contributed by atoms with Gasteiger partial charge in [-0.05, 0) is 23.6 Å². The topological polar surface area (TPSA) is 98.2 Å². The summed E-state index contributed by atoms with van der Waals surface area (Å²) in [4.78, 5) is 25.4. The molecule has 0 fully saturated rings. The largest absolute Gasteiger partial charge is 0.463 e. The summed E-state index contributed by atoms with van der Waals surface area (Å²) < 4.78 is 10.7. The van der Waals surface area contributed by atoms with Crippen molar-refractivity contribution < 1.29 is 13.6 Å². The molecule has 0 spiro atoms. The van der Waals surface area contributed by atoms with Gasteiger partial charge in [0.1, 0.15) is 17.4 Å². The fraction of sp³-hybridized carbons (Fsp3) is 0. The van der Waals surface area contributed by atoms with Crippen molar-refractivity contribution in [2.24, 2.45) is 0 Å². The zero-order valence-corrected chi connectivity index (χ0v) is 12.9. The minimum absolute atomic E-state index is 0.0871. The maximum Gasteiger partial charge on any atom is 0.322 e. The Morgan fingerprint density at radius 3 is 2.83 bits per heavy atom. The molecule has 0 unspecified atom stereocenters. The number of benzene rings is 1. The van der Waals surface area contributed by atoms with Crippen LogP contribution in [0.1, 0.15) is 10.4 Å². The number of hydrogen-bond donors (Lipinski definition) is 1. The molecule has 0 radical (unpaired) electrons. The average Bonchev–Trinajstić information content (AvgIpc) is 3.26. The van der Waals surface area contributed by atoms with E-state index in [0.717, 1.165) is 11.1 Å². The van der Waals surface area contributed by atoms with Crippen molar-refractivity contribution in [3.63, 3.8) is 0 Å². The molecular weight excluding hydrogens is 330 g/mol. The Labute approximate surface area is 138 Å². The number of thiophene rings is 1. The van der Waals surface area contributed by atoms with Crippen LogP contribution >= 0.6 is 11.3 Å². The summed E-state index contributed by atoms with van der Waals surface area (Å²) in [5, 5.41) is 12.2. The van der Waals surface area contributed by atoms with Gasteiger partial charge in [0.05, 0.1) is 10.3 Å². The third-order valence-corrected chi connectivity index (χ3v) is 4.16. The first-order valence-electron chi connectivity index (χ1n) is 6.91. The van der Waals surface area contributed by atoms with Crippen molar-refractivity contribution in [3.8, 4) is 10.8 Å².